The summed E-state index contributed by atoms with van der Waals surface area (Å²) in [6.07, 6.45) is 1.06. The van der Waals surface area contributed by atoms with Gasteiger partial charge in [-0.05, 0) is 43.2 Å². The Labute approximate surface area is 171 Å². The van der Waals surface area contributed by atoms with Crippen LogP contribution in [0.3, 0.4) is 0 Å². The van der Waals surface area contributed by atoms with Gasteiger partial charge in [-0.15, -0.1) is 0 Å². The van der Waals surface area contributed by atoms with E-state index in [0.717, 1.165) is 5.56 Å². The number of benzene rings is 2. The number of ether oxygens (including phenoxy) is 1. The molecule has 0 radical (unpaired) electrons. The van der Waals surface area contributed by atoms with Crippen LogP contribution in [0, 0.1) is 12.8 Å². The molecule has 0 atom stereocenters. The number of carbonyl (C=O) groups is 3. The first-order chi connectivity index (χ1) is 13.8. The molecule has 2 amide bonds. The van der Waals surface area contributed by atoms with E-state index in [1.54, 1.807) is 24.3 Å². The normalized spacial score (nSPS) is 10.5. The Balaban J connectivity index is 1.66. The summed E-state index contributed by atoms with van der Waals surface area (Å²) in [6, 6.07) is 14.6. The topological polar surface area (TPSA) is 84.5 Å². The largest absolute Gasteiger partial charge is 0.460 e. The van der Waals surface area contributed by atoms with E-state index in [1.165, 1.54) is 5.56 Å². The molecule has 0 saturated carbocycles. The number of aryl methyl sites for hydroxylation is 2. The number of hydrogen-bond acceptors (Lipinski definition) is 4. The first-order valence-electron chi connectivity index (χ1n) is 9.75. The van der Waals surface area contributed by atoms with Crippen molar-refractivity contribution in [1.29, 1.82) is 0 Å². The van der Waals surface area contributed by atoms with E-state index in [-0.39, 0.29) is 30.9 Å². The van der Waals surface area contributed by atoms with Crippen LogP contribution in [0.2, 0.25) is 0 Å². The van der Waals surface area contributed by atoms with Crippen LogP contribution in [0.5, 0.6) is 0 Å². The van der Waals surface area contributed by atoms with Gasteiger partial charge in [0.2, 0.25) is 11.8 Å². The van der Waals surface area contributed by atoms with Gasteiger partial charge in [-0.2, -0.15) is 0 Å². The van der Waals surface area contributed by atoms with Crippen LogP contribution < -0.4 is 10.6 Å². The maximum absolute atomic E-state index is 12.0. The van der Waals surface area contributed by atoms with Crippen molar-refractivity contribution in [2.24, 2.45) is 5.92 Å². The molecule has 0 aliphatic rings. The second kappa shape index (κ2) is 11.0. The minimum absolute atomic E-state index is 0.0770. The number of nitrogens with one attached hydrogen (secondary N) is 2. The van der Waals surface area contributed by atoms with Gasteiger partial charge in [-0.1, -0.05) is 43.7 Å². The zero-order chi connectivity index (χ0) is 21.2. The first kappa shape index (κ1) is 22.1. The van der Waals surface area contributed by atoms with Gasteiger partial charge in [-0.3, -0.25) is 9.59 Å². The monoisotopic (exact) mass is 396 g/mol. The molecule has 0 aliphatic carbocycles. The third-order valence-corrected chi connectivity index (χ3v) is 4.33. The van der Waals surface area contributed by atoms with Gasteiger partial charge in [0, 0.05) is 18.0 Å². The van der Waals surface area contributed by atoms with E-state index >= 15 is 0 Å². The molecule has 0 saturated heterocycles. The average Bonchev–Trinajstić information content (AvgIpc) is 2.71. The third-order valence-electron chi connectivity index (χ3n) is 4.33. The van der Waals surface area contributed by atoms with Gasteiger partial charge >= 0.3 is 5.97 Å². The van der Waals surface area contributed by atoms with Crippen molar-refractivity contribution in [1.82, 2.24) is 5.32 Å². The smallest absolute Gasteiger partial charge is 0.338 e. The number of carbonyl (C=O) groups excluding carboxylic acids is 3. The molecule has 6 nitrogen and oxygen atoms in total. The molecule has 0 spiro atoms. The quantitative estimate of drug-likeness (QED) is 0.502. The molecule has 2 rings (SSSR count). The van der Waals surface area contributed by atoms with Gasteiger partial charge in [0.05, 0.1) is 12.1 Å². The highest BCUT2D eigenvalue weighted by Crippen LogP contribution is 2.12. The van der Waals surface area contributed by atoms with Crippen molar-refractivity contribution in [3.63, 3.8) is 0 Å². The van der Waals surface area contributed by atoms with Crippen LogP contribution in [0.4, 0.5) is 5.69 Å². The zero-order valence-corrected chi connectivity index (χ0v) is 17.2. The molecule has 0 bridgehead atoms. The summed E-state index contributed by atoms with van der Waals surface area (Å²) in [5.74, 6) is -0.752. The lowest BCUT2D eigenvalue weighted by atomic mass is 10.1. The molecular formula is C23H28N2O4. The summed E-state index contributed by atoms with van der Waals surface area (Å²) in [5.41, 5.74) is 3.32. The maximum atomic E-state index is 12.0. The van der Waals surface area contributed by atoms with Crippen LogP contribution in [0.1, 0.15) is 41.8 Å². The van der Waals surface area contributed by atoms with E-state index < -0.39 is 5.97 Å². The highest BCUT2D eigenvalue weighted by molar-refractivity contribution is 5.93. The Hall–Kier alpha value is -3.15. The summed E-state index contributed by atoms with van der Waals surface area (Å²) in [5, 5.41) is 5.51. The van der Waals surface area contributed by atoms with Crippen LogP contribution in [-0.4, -0.2) is 30.9 Å². The van der Waals surface area contributed by atoms with Crippen molar-refractivity contribution in [2.75, 3.05) is 18.5 Å². The summed E-state index contributed by atoms with van der Waals surface area (Å²) < 4.78 is 5.17. The highest BCUT2D eigenvalue weighted by atomic mass is 16.5. The number of rotatable bonds is 9. The molecule has 29 heavy (non-hydrogen) atoms. The second-order valence-electron chi connectivity index (χ2n) is 7.19. The van der Waals surface area contributed by atoms with E-state index in [0.29, 0.717) is 24.1 Å². The first-order valence-corrected chi connectivity index (χ1v) is 9.75. The number of esters is 1. The second-order valence-corrected chi connectivity index (χ2v) is 7.19. The molecule has 2 N–H and O–H groups in total. The summed E-state index contributed by atoms with van der Waals surface area (Å²) in [4.78, 5) is 35.6. The predicted molar refractivity (Wildman–Crippen MR) is 113 cm³/mol. The molecule has 2 aromatic carbocycles. The molecule has 154 valence electrons. The van der Waals surface area contributed by atoms with E-state index in [1.807, 2.05) is 45.0 Å². The Morgan fingerprint density at radius 1 is 0.966 bits per heavy atom. The van der Waals surface area contributed by atoms with Crippen molar-refractivity contribution < 1.29 is 19.1 Å². The van der Waals surface area contributed by atoms with Crippen LogP contribution in [0.25, 0.3) is 0 Å². The average molecular weight is 396 g/mol. The lowest BCUT2D eigenvalue weighted by molar-refractivity contribution is -0.121. The Morgan fingerprint density at radius 3 is 2.24 bits per heavy atom. The SMILES string of the molecule is Cc1ccc(CCC(=O)NCCOC(=O)c2ccc(NC(=O)C(C)C)cc2)cc1. The summed E-state index contributed by atoms with van der Waals surface area (Å²) in [7, 11) is 0. The minimum Gasteiger partial charge on any atom is -0.460 e. The fourth-order valence-electron chi connectivity index (χ4n) is 2.49. The van der Waals surface area contributed by atoms with Crippen molar-refractivity contribution in [2.45, 2.75) is 33.6 Å². The van der Waals surface area contributed by atoms with Gasteiger partial charge < -0.3 is 15.4 Å². The van der Waals surface area contributed by atoms with E-state index in [9.17, 15) is 14.4 Å². The lowest BCUT2D eigenvalue weighted by Crippen LogP contribution is -2.28. The molecule has 2 aromatic rings. The standard InChI is InChI=1S/C23H28N2O4/c1-16(2)22(27)25-20-11-9-19(10-12-20)23(28)29-15-14-24-21(26)13-8-18-6-4-17(3)5-7-18/h4-7,9-12,16H,8,13-15H2,1-3H3,(H,24,26)(H,25,27). The Kier molecular flexibility index (Phi) is 8.40. The summed E-state index contributed by atoms with van der Waals surface area (Å²) >= 11 is 0. The van der Waals surface area contributed by atoms with E-state index in [2.05, 4.69) is 10.6 Å². The fraction of sp³-hybridized carbons (Fsp3) is 0.348. The molecular weight excluding hydrogens is 368 g/mol. The van der Waals surface area contributed by atoms with Crippen LogP contribution in [0.15, 0.2) is 48.5 Å². The fourth-order valence-corrected chi connectivity index (χ4v) is 2.49. The van der Waals surface area contributed by atoms with Crippen molar-refractivity contribution in [3.05, 3.63) is 65.2 Å². The third kappa shape index (κ3) is 7.78. The minimum atomic E-state index is -0.472. The Morgan fingerprint density at radius 2 is 1.62 bits per heavy atom. The van der Waals surface area contributed by atoms with Gasteiger partial charge in [0.15, 0.2) is 0 Å². The molecule has 0 fully saturated rings. The number of hydrogen-bond donors (Lipinski definition) is 2. The van der Waals surface area contributed by atoms with Gasteiger partial charge in [-0.25, -0.2) is 4.79 Å². The van der Waals surface area contributed by atoms with E-state index in [4.69, 9.17) is 4.74 Å². The number of anilines is 1. The Bertz CT molecular complexity index is 827. The van der Waals surface area contributed by atoms with Crippen LogP contribution in [-0.2, 0) is 20.7 Å². The lowest BCUT2D eigenvalue weighted by Gasteiger charge is -2.09. The number of amides is 2. The summed E-state index contributed by atoms with van der Waals surface area (Å²) in [6.45, 7) is 6.00. The van der Waals surface area contributed by atoms with Gasteiger partial charge in [0.25, 0.3) is 0 Å². The molecule has 0 unspecified atom stereocenters. The van der Waals surface area contributed by atoms with Crippen LogP contribution >= 0.6 is 0 Å². The van der Waals surface area contributed by atoms with Crippen molar-refractivity contribution >= 4 is 23.5 Å². The zero-order valence-electron chi connectivity index (χ0n) is 17.2. The molecule has 0 heterocycles. The highest BCUT2D eigenvalue weighted by Gasteiger charge is 2.10. The maximum Gasteiger partial charge on any atom is 0.338 e. The van der Waals surface area contributed by atoms with Gasteiger partial charge in [0.1, 0.15) is 6.61 Å². The molecule has 0 aliphatic heterocycles. The predicted octanol–water partition coefficient (Wildman–Crippen LogP) is 3.50. The molecule has 6 heteroatoms. The molecule has 0 aromatic heterocycles. The van der Waals surface area contributed by atoms with Crippen molar-refractivity contribution in [3.8, 4) is 0 Å².